The van der Waals surface area contributed by atoms with Crippen LogP contribution in [0.25, 0.3) is 0 Å². The highest BCUT2D eigenvalue weighted by Crippen LogP contribution is 2.23. The Morgan fingerprint density at radius 1 is 1.14 bits per heavy atom. The van der Waals surface area contributed by atoms with Crippen molar-refractivity contribution in [2.24, 2.45) is 0 Å². The first-order chi connectivity index (χ1) is 10.3. The molecule has 0 atom stereocenters. The second kappa shape index (κ2) is 7.57. The van der Waals surface area contributed by atoms with Gasteiger partial charge in [-0.25, -0.2) is 9.97 Å². The molecule has 0 spiro atoms. The average molecular weight is 285 g/mol. The Balaban J connectivity index is 2.11. The Morgan fingerprint density at radius 2 is 1.90 bits per heavy atom. The number of nitrogens with zero attached hydrogens (tertiary/aromatic N) is 4. The van der Waals surface area contributed by atoms with Gasteiger partial charge in [-0.3, -0.25) is 4.98 Å². The first-order valence-electron chi connectivity index (χ1n) is 7.44. The van der Waals surface area contributed by atoms with Crippen LogP contribution in [0.15, 0.2) is 30.9 Å². The number of hydrogen-bond donors (Lipinski definition) is 1. The van der Waals surface area contributed by atoms with Crippen molar-refractivity contribution in [3.63, 3.8) is 0 Å². The standard InChI is InChI=1S/C16H23N5/c1-4-14-15(18-5-2)19-12-20-16(14)21(3)11-8-13-6-9-17-10-7-13/h6-7,9-10,12H,4-5,8,11H2,1-3H3,(H,18,19,20). The van der Waals surface area contributed by atoms with Gasteiger partial charge in [0.05, 0.1) is 0 Å². The van der Waals surface area contributed by atoms with E-state index in [2.05, 4.69) is 58.2 Å². The highest BCUT2D eigenvalue weighted by molar-refractivity contribution is 5.58. The lowest BCUT2D eigenvalue weighted by atomic mass is 10.1. The van der Waals surface area contributed by atoms with E-state index in [0.717, 1.165) is 37.6 Å². The number of aromatic nitrogens is 3. The molecule has 0 aliphatic rings. The van der Waals surface area contributed by atoms with Gasteiger partial charge >= 0.3 is 0 Å². The topological polar surface area (TPSA) is 53.9 Å². The Bertz CT molecular complexity index is 556. The maximum absolute atomic E-state index is 4.47. The SMILES string of the molecule is CCNc1ncnc(N(C)CCc2ccncc2)c1CC. The van der Waals surface area contributed by atoms with E-state index in [9.17, 15) is 0 Å². The highest BCUT2D eigenvalue weighted by atomic mass is 15.2. The fraction of sp³-hybridized carbons (Fsp3) is 0.438. The summed E-state index contributed by atoms with van der Waals surface area (Å²) >= 11 is 0. The molecule has 0 saturated carbocycles. The third-order valence-corrected chi connectivity index (χ3v) is 3.47. The summed E-state index contributed by atoms with van der Waals surface area (Å²) < 4.78 is 0. The third kappa shape index (κ3) is 3.90. The van der Waals surface area contributed by atoms with Crippen LogP contribution in [-0.2, 0) is 12.8 Å². The van der Waals surface area contributed by atoms with Crippen LogP contribution < -0.4 is 10.2 Å². The van der Waals surface area contributed by atoms with E-state index in [1.54, 1.807) is 6.33 Å². The van der Waals surface area contributed by atoms with Crippen molar-refractivity contribution in [2.75, 3.05) is 30.4 Å². The predicted octanol–water partition coefficient (Wildman–Crippen LogP) is 2.54. The third-order valence-electron chi connectivity index (χ3n) is 3.47. The number of nitrogens with one attached hydrogen (secondary N) is 1. The van der Waals surface area contributed by atoms with Crippen molar-refractivity contribution in [2.45, 2.75) is 26.7 Å². The first-order valence-corrected chi connectivity index (χ1v) is 7.44. The van der Waals surface area contributed by atoms with Gasteiger partial charge in [0, 0.05) is 38.1 Å². The van der Waals surface area contributed by atoms with Crippen molar-refractivity contribution < 1.29 is 0 Å². The smallest absolute Gasteiger partial charge is 0.137 e. The quantitative estimate of drug-likeness (QED) is 0.847. The van der Waals surface area contributed by atoms with E-state index >= 15 is 0 Å². The van der Waals surface area contributed by atoms with Crippen LogP contribution in [0.5, 0.6) is 0 Å². The maximum atomic E-state index is 4.47. The minimum atomic E-state index is 0.865. The van der Waals surface area contributed by atoms with Gasteiger partial charge in [0.1, 0.15) is 18.0 Å². The second-order valence-electron chi connectivity index (χ2n) is 4.94. The second-order valence-corrected chi connectivity index (χ2v) is 4.94. The summed E-state index contributed by atoms with van der Waals surface area (Å²) in [7, 11) is 2.08. The molecule has 0 radical (unpaired) electrons. The zero-order valence-corrected chi connectivity index (χ0v) is 13.0. The van der Waals surface area contributed by atoms with Gasteiger partial charge in [-0.15, -0.1) is 0 Å². The molecule has 112 valence electrons. The van der Waals surface area contributed by atoms with E-state index in [0.29, 0.717) is 0 Å². The molecule has 2 aromatic rings. The van der Waals surface area contributed by atoms with Gasteiger partial charge in [-0.1, -0.05) is 6.92 Å². The molecule has 21 heavy (non-hydrogen) atoms. The van der Waals surface area contributed by atoms with Crippen molar-refractivity contribution in [1.82, 2.24) is 15.0 Å². The number of anilines is 2. The fourth-order valence-corrected chi connectivity index (χ4v) is 2.33. The van der Waals surface area contributed by atoms with E-state index < -0.39 is 0 Å². The van der Waals surface area contributed by atoms with Crippen LogP contribution in [0.3, 0.4) is 0 Å². The number of likely N-dealkylation sites (N-methyl/N-ethyl adjacent to an activating group) is 1. The van der Waals surface area contributed by atoms with Crippen molar-refractivity contribution in [3.8, 4) is 0 Å². The Labute approximate surface area is 126 Å². The lowest BCUT2D eigenvalue weighted by Crippen LogP contribution is -2.23. The summed E-state index contributed by atoms with van der Waals surface area (Å²) in [5.74, 6) is 1.96. The van der Waals surface area contributed by atoms with Crippen LogP contribution in [0.2, 0.25) is 0 Å². The lowest BCUT2D eigenvalue weighted by Gasteiger charge is -2.22. The highest BCUT2D eigenvalue weighted by Gasteiger charge is 2.12. The van der Waals surface area contributed by atoms with Crippen LogP contribution in [0.4, 0.5) is 11.6 Å². The number of hydrogen-bond acceptors (Lipinski definition) is 5. The molecule has 0 unspecified atom stereocenters. The minimum absolute atomic E-state index is 0.865. The summed E-state index contributed by atoms with van der Waals surface area (Å²) in [5.41, 5.74) is 2.47. The predicted molar refractivity (Wildman–Crippen MR) is 86.8 cm³/mol. The number of pyridine rings is 1. The molecule has 2 heterocycles. The number of rotatable bonds is 7. The molecule has 1 N–H and O–H groups in total. The van der Waals surface area contributed by atoms with Crippen LogP contribution >= 0.6 is 0 Å². The zero-order chi connectivity index (χ0) is 15.1. The normalized spacial score (nSPS) is 10.4. The Hall–Kier alpha value is -2.17. The van der Waals surface area contributed by atoms with Crippen molar-refractivity contribution in [3.05, 3.63) is 42.0 Å². The maximum Gasteiger partial charge on any atom is 0.137 e. The summed E-state index contributed by atoms with van der Waals surface area (Å²) in [4.78, 5) is 15.1. The Kier molecular flexibility index (Phi) is 5.49. The lowest BCUT2D eigenvalue weighted by molar-refractivity contribution is 0.841. The van der Waals surface area contributed by atoms with Crippen molar-refractivity contribution in [1.29, 1.82) is 0 Å². The minimum Gasteiger partial charge on any atom is -0.370 e. The molecule has 0 aromatic carbocycles. The molecular formula is C16H23N5. The first kappa shape index (κ1) is 15.2. The monoisotopic (exact) mass is 285 g/mol. The van der Waals surface area contributed by atoms with E-state index in [1.165, 1.54) is 11.1 Å². The van der Waals surface area contributed by atoms with E-state index in [4.69, 9.17) is 0 Å². The fourth-order valence-electron chi connectivity index (χ4n) is 2.33. The van der Waals surface area contributed by atoms with Gasteiger partial charge in [-0.05, 0) is 37.5 Å². The summed E-state index contributed by atoms with van der Waals surface area (Å²) in [6, 6.07) is 4.11. The van der Waals surface area contributed by atoms with Crippen LogP contribution in [-0.4, -0.2) is 35.1 Å². The largest absolute Gasteiger partial charge is 0.370 e. The van der Waals surface area contributed by atoms with Crippen LogP contribution in [0.1, 0.15) is 25.0 Å². The molecular weight excluding hydrogens is 262 g/mol. The van der Waals surface area contributed by atoms with Gasteiger partial charge < -0.3 is 10.2 Å². The molecule has 0 amide bonds. The van der Waals surface area contributed by atoms with E-state index in [-0.39, 0.29) is 0 Å². The summed E-state index contributed by atoms with van der Waals surface area (Å²) in [6.45, 7) is 6.00. The summed E-state index contributed by atoms with van der Waals surface area (Å²) in [6.07, 6.45) is 7.19. The van der Waals surface area contributed by atoms with Gasteiger partial charge in [0.2, 0.25) is 0 Å². The van der Waals surface area contributed by atoms with Crippen molar-refractivity contribution >= 4 is 11.6 Å². The van der Waals surface area contributed by atoms with Gasteiger partial charge in [-0.2, -0.15) is 0 Å². The van der Waals surface area contributed by atoms with Crippen LogP contribution in [0, 0.1) is 0 Å². The average Bonchev–Trinajstić information content (AvgIpc) is 2.53. The molecule has 2 aromatic heterocycles. The summed E-state index contributed by atoms with van der Waals surface area (Å²) in [5, 5.41) is 3.31. The molecule has 0 bridgehead atoms. The molecule has 5 nitrogen and oxygen atoms in total. The zero-order valence-electron chi connectivity index (χ0n) is 13.0. The molecule has 2 rings (SSSR count). The van der Waals surface area contributed by atoms with E-state index in [1.807, 2.05) is 12.4 Å². The molecule has 0 aliphatic carbocycles. The Morgan fingerprint density at radius 3 is 2.57 bits per heavy atom. The molecule has 5 heteroatoms. The molecule has 0 saturated heterocycles. The van der Waals surface area contributed by atoms with Gasteiger partial charge in [0.15, 0.2) is 0 Å². The molecule has 0 aliphatic heterocycles. The molecule has 0 fully saturated rings. The van der Waals surface area contributed by atoms with Gasteiger partial charge in [0.25, 0.3) is 0 Å².